The molecule has 1 N–H and O–H groups in total. The fourth-order valence-corrected chi connectivity index (χ4v) is 9.77. The number of aromatic nitrogens is 1. The van der Waals surface area contributed by atoms with Crippen molar-refractivity contribution in [3.05, 3.63) is 64.4 Å². The van der Waals surface area contributed by atoms with Gasteiger partial charge in [-0.15, -0.1) is 0 Å². The average molecular weight is 450 g/mol. The molecule has 0 bridgehead atoms. The monoisotopic (exact) mass is 451 g/mol. The predicted octanol–water partition coefficient (Wildman–Crippen LogP) is 1.45. The molecule has 94 valence electrons. The van der Waals surface area contributed by atoms with Gasteiger partial charge in [-0.3, -0.25) is 0 Å². The molecular weight excluding hydrogens is 439 g/mol. The van der Waals surface area contributed by atoms with Gasteiger partial charge in [-0.05, 0) is 0 Å². The minimum atomic E-state index is -1.67. The first kappa shape index (κ1) is 12.2. The molecule has 0 saturated carbocycles. The van der Waals surface area contributed by atoms with Gasteiger partial charge < -0.3 is 0 Å². The van der Waals surface area contributed by atoms with Crippen molar-refractivity contribution in [2.24, 2.45) is 0 Å². The molecule has 0 aliphatic carbocycles. The van der Waals surface area contributed by atoms with Crippen LogP contribution in [-0.2, 0) is 31.2 Å². The van der Waals surface area contributed by atoms with Crippen LogP contribution in [0.1, 0.15) is 5.56 Å². The summed E-state index contributed by atoms with van der Waals surface area (Å²) in [4.78, 5) is 15.4. The van der Waals surface area contributed by atoms with Crippen molar-refractivity contribution in [3.8, 4) is 5.75 Å². The van der Waals surface area contributed by atoms with Crippen LogP contribution in [0.15, 0.2) is 53.3 Å². The first-order valence-electron chi connectivity index (χ1n) is 6.66. The van der Waals surface area contributed by atoms with E-state index in [-0.39, 0.29) is 5.56 Å². The van der Waals surface area contributed by atoms with E-state index in [2.05, 4.69) is 17.1 Å². The van der Waals surface area contributed by atoms with Crippen LogP contribution in [0, 0.1) is 0 Å². The predicted molar refractivity (Wildman–Crippen MR) is 74.6 cm³/mol. The first-order valence-corrected chi connectivity index (χ1v) is 12.2. The molecule has 2 aromatic carbocycles. The summed E-state index contributed by atoms with van der Waals surface area (Å²) in [5.74, 6) is 0.967. The second kappa shape index (κ2) is 4.74. The van der Waals surface area contributed by atoms with Crippen molar-refractivity contribution in [3.63, 3.8) is 0 Å². The molecule has 0 radical (unpaired) electrons. The number of hydrogen-bond acceptors (Lipinski definition) is 2. The maximum absolute atomic E-state index is 12.4. The number of benzene rings is 2. The number of nitrogens with one attached hydrogen (secondary N) is 1. The summed E-state index contributed by atoms with van der Waals surface area (Å²) in [6.45, 7) is 0.497. The second-order valence-corrected chi connectivity index (χ2v) is 12.1. The summed E-state index contributed by atoms with van der Waals surface area (Å²) >= 11 is -1.67. The van der Waals surface area contributed by atoms with Gasteiger partial charge in [0.2, 0.25) is 0 Å². The molecule has 3 nitrogen and oxygen atoms in total. The molecule has 1 aliphatic rings. The van der Waals surface area contributed by atoms with Gasteiger partial charge >= 0.3 is 128 Å². The molecule has 4 rings (SSSR count). The van der Waals surface area contributed by atoms with Crippen LogP contribution in [0.25, 0.3) is 10.9 Å². The van der Waals surface area contributed by atoms with Gasteiger partial charge in [-0.1, -0.05) is 0 Å². The van der Waals surface area contributed by atoms with Crippen molar-refractivity contribution in [1.29, 1.82) is 0 Å². The van der Waals surface area contributed by atoms with Crippen molar-refractivity contribution in [2.45, 2.75) is 6.61 Å². The summed E-state index contributed by atoms with van der Waals surface area (Å²) in [5, 5.41) is 1.12. The molecule has 20 heavy (non-hydrogen) atoms. The number of hydrogen-bond donors (Lipinski definition) is 1. The van der Waals surface area contributed by atoms with Gasteiger partial charge in [0, 0.05) is 0 Å². The van der Waals surface area contributed by atoms with E-state index in [9.17, 15) is 4.79 Å². The Morgan fingerprint density at radius 1 is 1.05 bits per heavy atom. The molecule has 3 aromatic rings. The Morgan fingerprint density at radius 2 is 1.85 bits per heavy atom. The van der Waals surface area contributed by atoms with Crippen LogP contribution in [-0.4, -0.2) is 4.98 Å². The number of fused-ring (bicyclic) bond motifs is 4. The molecule has 1 aliphatic heterocycles. The van der Waals surface area contributed by atoms with E-state index in [4.69, 9.17) is 4.74 Å². The Balaban J connectivity index is 2.01. The van der Waals surface area contributed by atoms with E-state index in [1.807, 2.05) is 36.4 Å². The van der Waals surface area contributed by atoms with E-state index >= 15 is 0 Å². The molecule has 0 unspecified atom stereocenters. The van der Waals surface area contributed by atoms with Crippen LogP contribution < -0.4 is 16.4 Å². The number of pyridine rings is 1. The topological polar surface area (TPSA) is 42.1 Å². The molecule has 4 heteroatoms. The molecule has 0 fully saturated rings. The third-order valence-electron chi connectivity index (χ3n) is 3.85. The Morgan fingerprint density at radius 3 is 2.80 bits per heavy atom. The van der Waals surface area contributed by atoms with Crippen LogP contribution in [0.3, 0.4) is 0 Å². The van der Waals surface area contributed by atoms with Gasteiger partial charge in [0.25, 0.3) is 0 Å². The van der Waals surface area contributed by atoms with Crippen molar-refractivity contribution in [2.75, 3.05) is 0 Å². The molecule has 2 heterocycles. The summed E-state index contributed by atoms with van der Waals surface area (Å²) < 4.78 is 8.26. The SMILES string of the molecule is O=c1[nH]c2ccccc2c2[c]1[Hg][c]1ccccc1OC2. The van der Waals surface area contributed by atoms with Crippen molar-refractivity contribution < 1.29 is 29.3 Å². The van der Waals surface area contributed by atoms with Gasteiger partial charge in [-0.2, -0.15) is 0 Å². The molecule has 0 spiro atoms. The van der Waals surface area contributed by atoms with Gasteiger partial charge in [0.15, 0.2) is 0 Å². The van der Waals surface area contributed by atoms with Gasteiger partial charge in [0.05, 0.1) is 0 Å². The Hall–Kier alpha value is -1.61. The number of rotatable bonds is 0. The van der Waals surface area contributed by atoms with Gasteiger partial charge in [-0.25, -0.2) is 0 Å². The van der Waals surface area contributed by atoms with Crippen LogP contribution in [0.2, 0.25) is 0 Å². The van der Waals surface area contributed by atoms with Crippen LogP contribution in [0.4, 0.5) is 0 Å². The quantitative estimate of drug-likeness (QED) is 0.528. The van der Waals surface area contributed by atoms with Crippen molar-refractivity contribution >= 4 is 17.0 Å². The zero-order chi connectivity index (χ0) is 13.5. The molecule has 0 atom stereocenters. The first-order chi connectivity index (χ1) is 9.83. The maximum atomic E-state index is 12.4. The Labute approximate surface area is 128 Å². The number of ether oxygens (including phenoxy) is 1. The number of H-pyrrole nitrogens is 1. The number of para-hydroxylation sites is 2. The Bertz CT molecular complexity index is 870. The second-order valence-electron chi connectivity index (χ2n) is 5.03. The van der Waals surface area contributed by atoms with E-state index < -0.39 is 24.6 Å². The third-order valence-corrected chi connectivity index (χ3v) is 11.9. The number of aromatic amines is 1. The summed E-state index contributed by atoms with van der Waals surface area (Å²) in [6.07, 6.45) is 0. The standard InChI is InChI=1S/C16H11NO2.Hg/c18-16-10-12(11-19-13-6-2-1-3-7-13)14-8-4-5-9-15(14)17-16;/h1-6,8-9H,11H2,(H,17,18);. The fraction of sp³-hybridized carbons (Fsp3) is 0.0625. The molecule has 1 aromatic heterocycles. The van der Waals surface area contributed by atoms with Crippen LogP contribution >= 0.6 is 0 Å². The average Bonchev–Trinajstić information content (AvgIpc) is 2.68. The summed E-state index contributed by atoms with van der Waals surface area (Å²) in [6, 6.07) is 16.1. The van der Waals surface area contributed by atoms with Crippen LogP contribution in [0.5, 0.6) is 5.75 Å². The normalized spacial score (nSPS) is 12.4. The fourth-order valence-electron chi connectivity index (χ4n) is 2.84. The van der Waals surface area contributed by atoms with E-state index in [1.54, 1.807) is 0 Å². The summed E-state index contributed by atoms with van der Waals surface area (Å²) in [7, 11) is 0. The Kier molecular flexibility index (Phi) is 2.88. The minimum absolute atomic E-state index is 0.0840. The van der Waals surface area contributed by atoms with E-state index in [0.717, 1.165) is 25.3 Å². The zero-order valence-electron chi connectivity index (χ0n) is 10.8. The molecule has 0 saturated heterocycles. The van der Waals surface area contributed by atoms with E-state index in [0.29, 0.717) is 6.61 Å². The molecule has 0 amide bonds. The summed E-state index contributed by atoms with van der Waals surface area (Å²) in [5.41, 5.74) is 2.09. The van der Waals surface area contributed by atoms with Gasteiger partial charge in [0.1, 0.15) is 0 Å². The van der Waals surface area contributed by atoms with Crippen molar-refractivity contribution in [1.82, 2.24) is 4.98 Å². The molecular formula is C16H11HgNO2. The zero-order valence-corrected chi connectivity index (χ0v) is 16.3. The third kappa shape index (κ3) is 1.88. The van der Waals surface area contributed by atoms with E-state index in [1.165, 1.54) is 3.07 Å².